The first kappa shape index (κ1) is 17.0. The highest BCUT2D eigenvalue weighted by Crippen LogP contribution is 2.30. The zero-order valence-electron chi connectivity index (χ0n) is 13.4. The van der Waals surface area contributed by atoms with Gasteiger partial charge in [-0.15, -0.1) is 0 Å². The van der Waals surface area contributed by atoms with E-state index in [0.717, 1.165) is 31.4 Å². The highest BCUT2D eigenvalue weighted by atomic mass is 35.5. The number of carbonyl (C=O) groups is 2. The molecule has 1 aromatic rings. The molecule has 1 heterocycles. The van der Waals surface area contributed by atoms with Gasteiger partial charge in [0.2, 0.25) is 5.91 Å². The second kappa shape index (κ2) is 7.40. The predicted octanol–water partition coefficient (Wildman–Crippen LogP) is 2.89. The molecule has 1 aromatic carbocycles. The molecule has 1 saturated heterocycles. The lowest BCUT2D eigenvalue weighted by Crippen LogP contribution is -2.46. The van der Waals surface area contributed by atoms with Crippen molar-refractivity contribution in [1.82, 2.24) is 5.32 Å². The van der Waals surface area contributed by atoms with Gasteiger partial charge >= 0.3 is 6.03 Å². The van der Waals surface area contributed by atoms with Gasteiger partial charge in [0, 0.05) is 18.7 Å². The standard InChI is InChI=1S/C17H22ClN3O3/c18-12-8-7-11(21-9-3-6-16(21)23)10-14(12)20-17(24)19-13-4-1-2-5-15(13)22/h7-8,10,13,15,22H,1-6,9H2,(H2,19,20,24). The van der Waals surface area contributed by atoms with Crippen LogP contribution in [0.1, 0.15) is 38.5 Å². The van der Waals surface area contributed by atoms with Gasteiger partial charge in [-0.25, -0.2) is 4.79 Å². The average Bonchev–Trinajstić information content (AvgIpc) is 2.98. The molecule has 2 unspecified atom stereocenters. The SMILES string of the molecule is O=C(Nc1cc(N2CCCC2=O)ccc1Cl)NC1CCCCC1O. The summed E-state index contributed by atoms with van der Waals surface area (Å²) >= 11 is 6.16. The molecular weight excluding hydrogens is 330 g/mol. The molecule has 2 atom stereocenters. The average molecular weight is 352 g/mol. The summed E-state index contributed by atoms with van der Waals surface area (Å²) in [4.78, 5) is 25.8. The molecule has 2 aliphatic rings. The molecule has 3 N–H and O–H groups in total. The van der Waals surface area contributed by atoms with E-state index in [1.807, 2.05) is 0 Å². The summed E-state index contributed by atoms with van der Waals surface area (Å²) < 4.78 is 0. The van der Waals surface area contributed by atoms with Crippen LogP contribution in [0.15, 0.2) is 18.2 Å². The Morgan fingerprint density at radius 2 is 2.04 bits per heavy atom. The Kier molecular flexibility index (Phi) is 5.26. The summed E-state index contributed by atoms with van der Waals surface area (Å²) in [6.07, 6.45) is 4.33. The van der Waals surface area contributed by atoms with Crippen LogP contribution in [0.5, 0.6) is 0 Å². The van der Waals surface area contributed by atoms with E-state index in [-0.39, 0.29) is 11.9 Å². The van der Waals surface area contributed by atoms with Crippen molar-refractivity contribution in [3.63, 3.8) is 0 Å². The fourth-order valence-electron chi connectivity index (χ4n) is 3.30. The fourth-order valence-corrected chi connectivity index (χ4v) is 3.47. The molecule has 0 bridgehead atoms. The molecule has 1 aliphatic carbocycles. The zero-order chi connectivity index (χ0) is 17.1. The summed E-state index contributed by atoms with van der Waals surface area (Å²) in [7, 11) is 0. The Hall–Kier alpha value is -1.79. The third-order valence-electron chi connectivity index (χ3n) is 4.63. The van der Waals surface area contributed by atoms with Crippen LogP contribution >= 0.6 is 11.6 Å². The molecule has 6 nitrogen and oxygen atoms in total. The summed E-state index contributed by atoms with van der Waals surface area (Å²) in [5.74, 6) is 0.0815. The molecule has 3 rings (SSSR count). The van der Waals surface area contributed by atoms with E-state index >= 15 is 0 Å². The number of nitrogens with one attached hydrogen (secondary N) is 2. The van der Waals surface area contributed by atoms with Crippen LogP contribution in [0.2, 0.25) is 5.02 Å². The summed E-state index contributed by atoms with van der Waals surface area (Å²) in [6, 6.07) is 4.53. The van der Waals surface area contributed by atoms with Crippen LogP contribution in [0.25, 0.3) is 0 Å². The maximum absolute atomic E-state index is 12.2. The van der Waals surface area contributed by atoms with E-state index in [4.69, 9.17) is 11.6 Å². The number of urea groups is 1. The van der Waals surface area contributed by atoms with Gasteiger partial charge in [-0.2, -0.15) is 0 Å². The number of anilines is 2. The van der Waals surface area contributed by atoms with Gasteiger partial charge in [-0.3, -0.25) is 4.79 Å². The Balaban J connectivity index is 1.67. The molecule has 1 aliphatic heterocycles. The van der Waals surface area contributed by atoms with E-state index in [1.54, 1.807) is 23.1 Å². The third-order valence-corrected chi connectivity index (χ3v) is 4.96. The second-order valence-corrected chi connectivity index (χ2v) is 6.78. The molecule has 0 radical (unpaired) electrons. The van der Waals surface area contributed by atoms with Gasteiger partial charge in [0.25, 0.3) is 0 Å². The number of hydrogen-bond acceptors (Lipinski definition) is 3. The Labute approximate surface area is 146 Å². The lowest BCUT2D eigenvalue weighted by atomic mass is 9.93. The smallest absolute Gasteiger partial charge is 0.319 e. The molecule has 0 spiro atoms. The minimum atomic E-state index is -0.506. The van der Waals surface area contributed by atoms with Gasteiger partial charge in [-0.1, -0.05) is 24.4 Å². The number of aliphatic hydroxyl groups excluding tert-OH is 1. The molecule has 24 heavy (non-hydrogen) atoms. The van der Waals surface area contributed by atoms with E-state index in [2.05, 4.69) is 10.6 Å². The minimum absolute atomic E-state index is 0.0815. The van der Waals surface area contributed by atoms with Gasteiger partial charge in [0.15, 0.2) is 0 Å². The molecule has 7 heteroatoms. The van der Waals surface area contributed by atoms with Crippen LogP contribution in [-0.2, 0) is 4.79 Å². The number of nitrogens with zero attached hydrogens (tertiary/aromatic N) is 1. The zero-order valence-corrected chi connectivity index (χ0v) is 14.2. The van der Waals surface area contributed by atoms with Crippen molar-refractivity contribution in [1.29, 1.82) is 0 Å². The number of rotatable bonds is 3. The highest BCUT2D eigenvalue weighted by Gasteiger charge is 2.25. The molecular formula is C17H22ClN3O3. The first-order chi connectivity index (χ1) is 11.5. The Morgan fingerprint density at radius 3 is 2.75 bits per heavy atom. The lowest BCUT2D eigenvalue weighted by molar-refractivity contribution is -0.117. The van der Waals surface area contributed by atoms with Crippen LogP contribution in [0.3, 0.4) is 0 Å². The van der Waals surface area contributed by atoms with E-state index in [1.165, 1.54) is 0 Å². The predicted molar refractivity (Wildman–Crippen MR) is 93.5 cm³/mol. The van der Waals surface area contributed by atoms with Gasteiger partial charge in [0.05, 0.1) is 22.9 Å². The quantitative estimate of drug-likeness (QED) is 0.783. The number of halogens is 1. The summed E-state index contributed by atoms with van der Waals surface area (Å²) in [6.45, 7) is 0.681. The summed E-state index contributed by atoms with van der Waals surface area (Å²) in [5.41, 5.74) is 1.19. The number of amides is 3. The number of aliphatic hydroxyl groups is 1. The van der Waals surface area contributed by atoms with Crippen molar-refractivity contribution >= 4 is 34.9 Å². The number of hydrogen-bond donors (Lipinski definition) is 3. The Morgan fingerprint density at radius 1 is 1.25 bits per heavy atom. The largest absolute Gasteiger partial charge is 0.391 e. The molecule has 2 fully saturated rings. The van der Waals surface area contributed by atoms with Gasteiger partial charge in [-0.05, 0) is 37.5 Å². The van der Waals surface area contributed by atoms with Crippen LogP contribution < -0.4 is 15.5 Å². The number of benzene rings is 1. The van der Waals surface area contributed by atoms with Crippen molar-refractivity contribution in [2.24, 2.45) is 0 Å². The van der Waals surface area contributed by atoms with Crippen molar-refractivity contribution in [2.75, 3.05) is 16.8 Å². The van der Waals surface area contributed by atoms with E-state index in [0.29, 0.717) is 30.1 Å². The lowest BCUT2D eigenvalue weighted by Gasteiger charge is -2.28. The second-order valence-electron chi connectivity index (χ2n) is 6.37. The Bertz CT molecular complexity index is 638. The molecule has 1 saturated carbocycles. The monoisotopic (exact) mass is 351 g/mol. The molecule has 130 valence electrons. The van der Waals surface area contributed by atoms with Crippen molar-refractivity contribution < 1.29 is 14.7 Å². The normalized spacial score (nSPS) is 24.1. The van der Waals surface area contributed by atoms with E-state index in [9.17, 15) is 14.7 Å². The first-order valence-electron chi connectivity index (χ1n) is 8.40. The van der Waals surface area contributed by atoms with Crippen LogP contribution in [-0.4, -0.2) is 35.7 Å². The van der Waals surface area contributed by atoms with Gasteiger partial charge < -0.3 is 20.6 Å². The van der Waals surface area contributed by atoms with Crippen molar-refractivity contribution in [3.8, 4) is 0 Å². The van der Waals surface area contributed by atoms with E-state index < -0.39 is 12.1 Å². The summed E-state index contributed by atoms with van der Waals surface area (Å²) in [5, 5.41) is 15.9. The topological polar surface area (TPSA) is 81.7 Å². The maximum Gasteiger partial charge on any atom is 0.319 e. The molecule has 0 aromatic heterocycles. The highest BCUT2D eigenvalue weighted by molar-refractivity contribution is 6.33. The van der Waals surface area contributed by atoms with Crippen LogP contribution in [0, 0.1) is 0 Å². The molecule has 3 amide bonds. The third kappa shape index (κ3) is 3.82. The van der Waals surface area contributed by atoms with Crippen molar-refractivity contribution in [2.45, 2.75) is 50.7 Å². The maximum atomic E-state index is 12.2. The minimum Gasteiger partial charge on any atom is -0.391 e. The number of carbonyl (C=O) groups excluding carboxylic acids is 2. The van der Waals surface area contributed by atoms with Crippen LogP contribution in [0.4, 0.5) is 16.2 Å². The first-order valence-corrected chi connectivity index (χ1v) is 8.78. The fraction of sp³-hybridized carbons (Fsp3) is 0.529. The van der Waals surface area contributed by atoms with Crippen molar-refractivity contribution in [3.05, 3.63) is 23.2 Å². The van der Waals surface area contributed by atoms with Gasteiger partial charge in [0.1, 0.15) is 0 Å².